The van der Waals surface area contributed by atoms with E-state index in [1.807, 2.05) is 24.3 Å². The molecule has 0 aliphatic heterocycles. The van der Waals surface area contributed by atoms with Crippen LogP contribution in [-0.2, 0) is 29.6 Å². The maximum absolute atomic E-state index is 12.6. The van der Waals surface area contributed by atoms with Crippen molar-refractivity contribution in [3.8, 4) is 17.1 Å². The number of hydrogen-bond donors (Lipinski definition) is 0. The van der Waals surface area contributed by atoms with Crippen molar-refractivity contribution in [2.45, 2.75) is 58.4 Å². The first-order valence-electron chi connectivity index (χ1n) is 11.2. The summed E-state index contributed by atoms with van der Waals surface area (Å²) in [5.74, 6) is 1.61. The zero-order valence-corrected chi connectivity index (χ0v) is 19.4. The maximum atomic E-state index is 12.6. The van der Waals surface area contributed by atoms with Gasteiger partial charge in [-0.1, -0.05) is 62.3 Å². The number of carbonyl (C=O) groups is 1. The molecule has 32 heavy (non-hydrogen) atoms. The second-order valence-electron chi connectivity index (χ2n) is 9.48. The number of nitrogens with zero attached hydrogens (tertiary/aromatic N) is 3. The molecule has 168 valence electrons. The second kappa shape index (κ2) is 9.15. The molecule has 0 saturated carbocycles. The quantitative estimate of drug-likeness (QED) is 0.550. The van der Waals surface area contributed by atoms with Crippen molar-refractivity contribution in [2.24, 2.45) is 0 Å². The predicted molar refractivity (Wildman–Crippen MR) is 123 cm³/mol. The van der Waals surface area contributed by atoms with Gasteiger partial charge in [0.2, 0.25) is 11.7 Å². The molecule has 6 heteroatoms. The minimum atomic E-state index is -0.132. The maximum Gasteiger partial charge on any atom is 0.260 e. The predicted octanol–water partition coefficient (Wildman–Crippen LogP) is 4.95. The number of carbonyl (C=O) groups excluding carboxylic acids is 1. The molecule has 0 N–H and O–H groups in total. The van der Waals surface area contributed by atoms with E-state index in [1.165, 1.54) is 29.5 Å². The fourth-order valence-corrected chi connectivity index (χ4v) is 3.98. The lowest BCUT2D eigenvalue weighted by atomic mass is 9.87. The summed E-state index contributed by atoms with van der Waals surface area (Å²) in [5.41, 5.74) is 4.80. The van der Waals surface area contributed by atoms with Gasteiger partial charge in [0.15, 0.2) is 6.61 Å². The minimum absolute atomic E-state index is 0.0117. The number of likely N-dealkylation sites (N-methyl/N-ethyl adjacent to an activating group) is 1. The Balaban J connectivity index is 1.35. The first-order chi connectivity index (χ1) is 15.3. The summed E-state index contributed by atoms with van der Waals surface area (Å²) in [6, 6.07) is 14.3. The Hall–Kier alpha value is -3.15. The third-order valence-corrected chi connectivity index (χ3v) is 5.98. The molecule has 1 aliphatic rings. The van der Waals surface area contributed by atoms with Gasteiger partial charge in [0.05, 0.1) is 6.54 Å². The van der Waals surface area contributed by atoms with Crippen molar-refractivity contribution in [2.75, 3.05) is 13.7 Å². The third-order valence-electron chi connectivity index (χ3n) is 5.98. The van der Waals surface area contributed by atoms with Crippen LogP contribution in [0.1, 0.15) is 56.2 Å². The molecule has 1 aromatic heterocycles. The van der Waals surface area contributed by atoms with Gasteiger partial charge in [0, 0.05) is 12.6 Å². The van der Waals surface area contributed by atoms with Gasteiger partial charge in [-0.2, -0.15) is 4.98 Å². The van der Waals surface area contributed by atoms with E-state index in [1.54, 1.807) is 11.9 Å². The fraction of sp³-hybridized carbons (Fsp3) is 0.423. The number of aromatic nitrogens is 2. The van der Waals surface area contributed by atoms with Gasteiger partial charge in [-0.05, 0) is 53.9 Å². The molecule has 1 aliphatic carbocycles. The van der Waals surface area contributed by atoms with Crippen LogP contribution in [0.25, 0.3) is 11.4 Å². The summed E-state index contributed by atoms with van der Waals surface area (Å²) >= 11 is 0. The van der Waals surface area contributed by atoms with E-state index in [9.17, 15) is 4.79 Å². The Bertz CT molecular complexity index is 1080. The standard InChI is InChI=1S/C26H31N3O3/c1-26(2,3)20-14-12-19(13-15-20)25-27-23(32-28-25)16-29(4)24(30)17-31-22-11-7-9-18-8-5-6-10-21(18)22/h7,9,11-15H,5-6,8,10,16-17H2,1-4H3. The lowest BCUT2D eigenvalue weighted by molar-refractivity contribution is -0.132. The smallest absolute Gasteiger partial charge is 0.260 e. The summed E-state index contributed by atoms with van der Waals surface area (Å²) in [4.78, 5) is 18.6. The average Bonchev–Trinajstić information content (AvgIpc) is 3.25. The van der Waals surface area contributed by atoms with Gasteiger partial charge in [0.25, 0.3) is 5.91 Å². The monoisotopic (exact) mass is 433 g/mol. The number of rotatable bonds is 6. The van der Waals surface area contributed by atoms with Crippen LogP contribution in [0.3, 0.4) is 0 Å². The Morgan fingerprint density at radius 1 is 1.09 bits per heavy atom. The molecule has 0 atom stereocenters. The molecule has 0 radical (unpaired) electrons. The Morgan fingerprint density at radius 3 is 2.59 bits per heavy atom. The van der Waals surface area contributed by atoms with Crippen LogP contribution in [-0.4, -0.2) is 34.6 Å². The highest BCUT2D eigenvalue weighted by molar-refractivity contribution is 5.77. The molecule has 6 nitrogen and oxygen atoms in total. The second-order valence-corrected chi connectivity index (χ2v) is 9.48. The molecule has 0 saturated heterocycles. The molecule has 0 bridgehead atoms. The molecule has 1 amide bonds. The summed E-state index contributed by atoms with van der Waals surface area (Å²) in [7, 11) is 1.72. The molecular formula is C26H31N3O3. The largest absolute Gasteiger partial charge is 0.483 e. The number of fused-ring (bicyclic) bond motifs is 1. The number of aryl methyl sites for hydroxylation is 1. The van der Waals surface area contributed by atoms with Gasteiger partial charge in [-0.3, -0.25) is 4.79 Å². The molecule has 0 unspecified atom stereocenters. The van der Waals surface area contributed by atoms with Crippen molar-refractivity contribution in [1.29, 1.82) is 0 Å². The van der Waals surface area contributed by atoms with Gasteiger partial charge >= 0.3 is 0 Å². The van der Waals surface area contributed by atoms with Crippen LogP contribution in [0.4, 0.5) is 0 Å². The topological polar surface area (TPSA) is 68.5 Å². The minimum Gasteiger partial charge on any atom is -0.483 e. The highest BCUT2D eigenvalue weighted by Gasteiger charge is 2.19. The first kappa shape index (κ1) is 22.1. The normalized spacial score (nSPS) is 13.5. The summed E-state index contributed by atoms with van der Waals surface area (Å²) in [6.45, 7) is 6.76. The summed E-state index contributed by atoms with van der Waals surface area (Å²) in [5, 5.41) is 4.08. The Kier molecular flexibility index (Phi) is 6.31. The molecule has 0 spiro atoms. The average molecular weight is 434 g/mol. The molecule has 2 aromatic carbocycles. The lowest BCUT2D eigenvalue weighted by Crippen LogP contribution is -2.31. The molecule has 1 heterocycles. The van der Waals surface area contributed by atoms with Gasteiger partial charge in [-0.25, -0.2) is 0 Å². The fourth-order valence-electron chi connectivity index (χ4n) is 3.98. The first-order valence-corrected chi connectivity index (χ1v) is 11.2. The molecule has 0 fully saturated rings. The van der Waals surface area contributed by atoms with Crippen molar-refractivity contribution < 1.29 is 14.1 Å². The van der Waals surface area contributed by atoms with Gasteiger partial charge in [0.1, 0.15) is 5.75 Å². The van der Waals surface area contributed by atoms with E-state index in [4.69, 9.17) is 9.26 Å². The summed E-state index contributed by atoms with van der Waals surface area (Å²) < 4.78 is 11.3. The third kappa shape index (κ3) is 5.01. The molecule has 4 rings (SSSR count). The van der Waals surface area contributed by atoms with E-state index < -0.39 is 0 Å². The van der Waals surface area contributed by atoms with E-state index in [-0.39, 0.29) is 24.5 Å². The summed E-state index contributed by atoms with van der Waals surface area (Å²) in [6.07, 6.45) is 4.47. The van der Waals surface area contributed by atoms with Crippen LogP contribution >= 0.6 is 0 Å². The highest BCUT2D eigenvalue weighted by atomic mass is 16.5. The van der Waals surface area contributed by atoms with Crippen LogP contribution in [0.5, 0.6) is 5.75 Å². The van der Waals surface area contributed by atoms with Crippen molar-refractivity contribution in [3.05, 3.63) is 65.0 Å². The Labute approximate surface area is 189 Å². The van der Waals surface area contributed by atoms with E-state index in [2.05, 4.69) is 49.1 Å². The van der Waals surface area contributed by atoms with Crippen molar-refractivity contribution in [1.82, 2.24) is 15.0 Å². The SMILES string of the molecule is CN(Cc1nc(-c2ccc(C(C)(C)C)cc2)no1)C(=O)COc1cccc2c1CCCC2. The van der Waals surface area contributed by atoms with Crippen LogP contribution in [0.15, 0.2) is 47.0 Å². The van der Waals surface area contributed by atoms with E-state index in [0.717, 1.165) is 24.2 Å². The number of ether oxygens (including phenoxy) is 1. The van der Waals surface area contributed by atoms with Crippen molar-refractivity contribution in [3.63, 3.8) is 0 Å². The number of hydrogen-bond acceptors (Lipinski definition) is 5. The van der Waals surface area contributed by atoms with E-state index >= 15 is 0 Å². The highest BCUT2D eigenvalue weighted by Crippen LogP contribution is 2.29. The number of amides is 1. The molecule has 3 aromatic rings. The lowest BCUT2D eigenvalue weighted by Gasteiger charge is -2.20. The Morgan fingerprint density at radius 2 is 1.84 bits per heavy atom. The molecular weight excluding hydrogens is 402 g/mol. The van der Waals surface area contributed by atoms with E-state index in [0.29, 0.717) is 11.7 Å². The van der Waals surface area contributed by atoms with Crippen LogP contribution < -0.4 is 4.74 Å². The zero-order valence-electron chi connectivity index (χ0n) is 19.4. The van der Waals surface area contributed by atoms with Gasteiger partial charge in [-0.15, -0.1) is 0 Å². The van der Waals surface area contributed by atoms with Gasteiger partial charge < -0.3 is 14.2 Å². The van der Waals surface area contributed by atoms with Crippen LogP contribution in [0.2, 0.25) is 0 Å². The van der Waals surface area contributed by atoms with Crippen LogP contribution in [0, 0.1) is 0 Å². The number of benzene rings is 2. The zero-order chi connectivity index (χ0) is 22.7. The van der Waals surface area contributed by atoms with Crippen molar-refractivity contribution >= 4 is 5.91 Å².